The van der Waals surface area contributed by atoms with Crippen LogP contribution in [0.15, 0.2) is 67.1 Å². The minimum Gasteiger partial charge on any atom is -0.459 e. The van der Waals surface area contributed by atoms with Gasteiger partial charge in [-0.25, -0.2) is 13.2 Å². The van der Waals surface area contributed by atoms with Crippen molar-refractivity contribution in [2.24, 2.45) is 0 Å². The summed E-state index contributed by atoms with van der Waals surface area (Å²) < 4.78 is 39.5. The normalized spacial score (nSPS) is 15.8. The fourth-order valence-corrected chi connectivity index (χ4v) is 5.84. The number of hydrogen-bond acceptors (Lipinski definition) is 6. The Morgan fingerprint density at radius 3 is 2.59 bits per heavy atom. The molecule has 0 spiro atoms. The number of rotatable bonds is 7. The molecule has 1 saturated heterocycles. The summed E-state index contributed by atoms with van der Waals surface area (Å²) in [5.74, 6) is -0.237. The second-order valence-corrected chi connectivity index (χ2v) is 10.4. The van der Waals surface area contributed by atoms with Gasteiger partial charge >= 0.3 is 5.76 Å². The highest BCUT2D eigenvalue weighted by atomic mass is 32.2. The molecule has 4 aromatic rings. The van der Waals surface area contributed by atoms with Crippen molar-refractivity contribution in [2.75, 3.05) is 13.1 Å². The predicted octanol–water partition coefficient (Wildman–Crippen LogP) is 3.39. The van der Waals surface area contributed by atoms with E-state index < -0.39 is 15.8 Å². The molecule has 1 aliphatic heterocycles. The molecule has 3 heterocycles. The first-order valence-electron chi connectivity index (χ1n) is 11.2. The van der Waals surface area contributed by atoms with Gasteiger partial charge in [-0.15, -0.1) is 0 Å². The van der Waals surface area contributed by atoms with Gasteiger partial charge < -0.3 is 14.2 Å². The van der Waals surface area contributed by atoms with Crippen LogP contribution in [0.4, 0.5) is 0 Å². The lowest BCUT2D eigenvalue weighted by atomic mass is 10.2. The molecule has 2 aromatic carbocycles. The number of benzene rings is 2. The fourth-order valence-electron chi connectivity index (χ4n) is 4.31. The first kappa shape index (κ1) is 22.4. The minimum absolute atomic E-state index is 0.0485. The molecule has 9 nitrogen and oxygen atoms in total. The Morgan fingerprint density at radius 2 is 1.82 bits per heavy atom. The molecule has 2 aromatic heterocycles. The van der Waals surface area contributed by atoms with E-state index in [0.29, 0.717) is 24.4 Å². The summed E-state index contributed by atoms with van der Waals surface area (Å²) in [5.41, 5.74) is 1.38. The van der Waals surface area contributed by atoms with Gasteiger partial charge in [0.25, 0.3) is 0 Å². The van der Waals surface area contributed by atoms with Crippen molar-refractivity contribution < 1.29 is 22.0 Å². The average Bonchev–Trinajstić information content (AvgIpc) is 3.55. The second-order valence-electron chi connectivity index (χ2n) is 8.49. The summed E-state index contributed by atoms with van der Waals surface area (Å²) in [5, 5.41) is 3.84. The number of oxazole rings is 1. The highest BCUT2D eigenvalue weighted by Gasteiger charge is 2.28. The standard InChI is InChI=1S/C24H25N3O6S/c1-16(21-14-17-6-2-3-7-20(17)32-21)25-23(28)10-13-27-19-9-8-18(15-22(19)33-24(27)29)34(30,31)26-11-4-5-12-26/h2-3,6-9,14-16H,4-5,10-13H2,1H3,(H,25,28). The lowest BCUT2D eigenvalue weighted by Crippen LogP contribution is -2.28. The number of hydrogen-bond donors (Lipinski definition) is 1. The van der Waals surface area contributed by atoms with Gasteiger partial charge in [0.1, 0.15) is 11.3 Å². The Labute approximate surface area is 196 Å². The second kappa shape index (κ2) is 8.77. The fraction of sp³-hybridized carbons (Fsp3) is 0.333. The topological polar surface area (TPSA) is 115 Å². The van der Waals surface area contributed by atoms with E-state index in [0.717, 1.165) is 23.8 Å². The molecule has 34 heavy (non-hydrogen) atoms. The molecule has 0 aliphatic carbocycles. The van der Waals surface area contributed by atoms with Crippen molar-refractivity contribution in [3.8, 4) is 0 Å². The number of nitrogens with one attached hydrogen (secondary N) is 1. The minimum atomic E-state index is -3.62. The molecule has 1 fully saturated rings. The molecule has 0 radical (unpaired) electrons. The van der Waals surface area contributed by atoms with Crippen molar-refractivity contribution in [3.05, 3.63) is 64.8 Å². The maximum absolute atomic E-state index is 12.8. The number of sulfonamides is 1. The summed E-state index contributed by atoms with van der Waals surface area (Å²) >= 11 is 0. The van der Waals surface area contributed by atoms with Crippen LogP contribution in [-0.2, 0) is 21.4 Å². The maximum Gasteiger partial charge on any atom is 0.419 e. The Kier molecular flexibility index (Phi) is 5.78. The maximum atomic E-state index is 12.8. The summed E-state index contributed by atoms with van der Waals surface area (Å²) in [6.45, 7) is 2.92. The Morgan fingerprint density at radius 1 is 1.06 bits per heavy atom. The van der Waals surface area contributed by atoms with E-state index in [1.165, 1.54) is 21.0 Å². The lowest BCUT2D eigenvalue weighted by molar-refractivity contribution is -0.122. The molecule has 1 aliphatic rings. The van der Waals surface area contributed by atoms with Gasteiger partial charge in [0, 0.05) is 37.5 Å². The molecule has 1 atom stereocenters. The molecule has 5 rings (SSSR count). The molecular weight excluding hydrogens is 458 g/mol. The third-order valence-electron chi connectivity index (χ3n) is 6.15. The van der Waals surface area contributed by atoms with E-state index in [1.807, 2.05) is 37.3 Å². The van der Waals surface area contributed by atoms with Gasteiger partial charge in [-0.05, 0) is 44.0 Å². The van der Waals surface area contributed by atoms with Crippen LogP contribution in [0.25, 0.3) is 22.1 Å². The van der Waals surface area contributed by atoms with Gasteiger partial charge in [-0.1, -0.05) is 18.2 Å². The molecule has 0 bridgehead atoms. The number of aryl methyl sites for hydroxylation is 1. The number of para-hydroxylation sites is 1. The summed E-state index contributed by atoms with van der Waals surface area (Å²) in [6, 6.07) is 13.6. The highest BCUT2D eigenvalue weighted by molar-refractivity contribution is 7.89. The summed E-state index contributed by atoms with van der Waals surface area (Å²) in [6.07, 6.45) is 1.72. The van der Waals surface area contributed by atoms with Crippen LogP contribution in [-0.4, -0.2) is 36.3 Å². The van der Waals surface area contributed by atoms with Crippen LogP contribution < -0.4 is 11.1 Å². The van der Waals surface area contributed by atoms with Crippen molar-refractivity contribution in [1.29, 1.82) is 0 Å². The summed E-state index contributed by atoms with van der Waals surface area (Å²) in [4.78, 5) is 25.0. The largest absolute Gasteiger partial charge is 0.459 e. The van der Waals surface area contributed by atoms with Crippen LogP contribution in [0.2, 0.25) is 0 Å². The van der Waals surface area contributed by atoms with E-state index in [9.17, 15) is 18.0 Å². The average molecular weight is 484 g/mol. The quantitative estimate of drug-likeness (QED) is 0.431. The summed E-state index contributed by atoms with van der Waals surface area (Å²) in [7, 11) is -3.62. The van der Waals surface area contributed by atoms with Crippen LogP contribution in [0.5, 0.6) is 0 Å². The van der Waals surface area contributed by atoms with Crippen LogP contribution in [0.1, 0.15) is 38.0 Å². The number of furan rings is 1. The third kappa shape index (κ3) is 4.14. The molecular formula is C24H25N3O6S. The zero-order valence-electron chi connectivity index (χ0n) is 18.7. The van der Waals surface area contributed by atoms with Crippen LogP contribution >= 0.6 is 0 Å². The van der Waals surface area contributed by atoms with Crippen molar-refractivity contribution >= 4 is 38.0 Å². The van der Waals surface area contributed by atoms with E-state index >= 15 is 0 Å². The lowest BCUT2D eigenvalue weighted by Gasteiger charge is -2.15. The van der Waals surface area contributed by atoms with Gasteiger partial charge in [0.15, 0.2) is 5.58 Å². The molecule has 1 unspecified atom stereocenters. The van der Waals surface area contributed by atoms with Crippen molar-refractivity contribution in [1.82, 2.24) is 14.2 Å². The van der Waals surface area contributed by atoms with Crippen molar-refractivity contribution in [3.63, 3.8) is 0 Å². The number of nitrogens with zero attached hydrogens (tertiary/aromatic N) is 2. The van der Waals surface area contributed by atoms with Crippen LogP contribution in [0.3, 0.4) is 0 Å². The molecule has 10 heteroatoms. The van der Waals surface area contributed by atoms with E-state index in [4.69, 9.17) is 8.83 Å². The van der Waals surface area contributed by atoms with Gasteiger partial charge in [0.2, 0.25) is 15.9 Å². The number of carbonyl (C=O) groups excluding carboxylic acids is 1. The van der Waals surface area contributed by atoms with E-state index in [-0.39, 0.29) is 35.4 Å². The van der Waals surface area contributed by atoms with E-state index in [1.54, 1.807) is 6.07 Å². The van der Waals surface area contributed by atoms with Crippen molar-refractivity contribution in [2.45, 2.75) is 43.7 Å². The number of amides is 1. The Balaban J connectivity index is 1.28. The predicted molar refractivity (Wildman–Crippen MR) is 126 cm³/mol. The monoisotopic (exact) mass is 483 g/mol. The zero-order chi connectivity index (χ0) is 23.9. The molecule has 1 amide bonds. The molecule has 0 saturated carbocycles. The van der Waals surface area contributed by atoms with Gasteiger partial charge in [-0.2, -0.15) is 4.31 Å². The highest BCUT2D eigenvalue weighted by Crippen LogP contribution is 2.25. The van der Waals surface area contributed by atoms with Crippen LogP contribution in [0, 0.1) is 0 Å². The smallest absolute Gasteiger partial charge is 0.419 e. The Hall–Kier alpha value is -3.37. The van der Waals surface area contributed by atoms with Gasteiger partial charge in [-0.3, -0.25) is 9.36 Å². The van der Waals surface area contributed by atoms with E-state index in [2.05, 4.69) is 5.32 Å². The van der Waals surface area contributed by atoms with Gasteiger partial charge in [0.05, 0.1) is 16.5 Å². The first-order chi connectivity index (χ1) is 16.3. The molecule has 1 N–H and O–H groups in total. The Bertz CT molecular complexity index is 1490. The zero-order valence-corrected chi connectivity index (χ0v) is 19.5. The SMILES string of the molecule is CC(NC(=O)CCn1c(=O)oc2cc(S(=O)(=O)N3CCCC3)ccc21)c1cc2ccccc2o1. The number of aromatic nitrogens is 1. The first-order valence-corrected chi connectivity index (χ1v) is 12.7. The number of fused-ring (bicyclic) bond motifs is 2. The molecule has 178 valence electrons. The number of carbonyl (C=O) groups is 1. The third-order valence-corrected chi connectivity index (χ3v) is 8.05.